The van der Waals surface area contributed by atoms with Crippen LogP contribution in [0.1, 0.15) is 37.5 Å². The molecule has 1 aromatic carbocycles. The number of nitriles is 1. The molecule has 0 saturated carbocycles. The Balaban J connectivity index is 1.84. The van der Waals surface area contributed by atoms with Crippen molar-refractivity contribution in [2.45, 2.75) is 38.6 Å². The molecule has 0 spiro atoms. The average Bonchev–Trinajstić information content (AvgIpc) is 2.66. The van der Waals surface area contributed by atoms with Crippen LogP contribution in [0.2, 0.25) is 0 Å². The predicted molar refractivity (Wildman–Crippen MR) is 114 cm³/mol. The molecule has 0 fully saturated rings. The summed E-state index contributed by atoms with van der Waals surface area (Å²) in [5.74, 6) is 0.675. The van der Waals surface area contributed by atoms with Gasteiger partial charge in [-0.1, -0.05) is 35.3 Å². The van der Waals surface area contributed by atoms with Crippen LogP contribution in [-0.2, 0) is 23.4 Å². The smallest absolute Gasteiger partial charge is 0.126 e. The fourth-order valence-corrected chi connectivity index (χ4v) is 3.33. The molecule has 150 valence electrons. The molecule has 1 atom stereocenters. The van der Waals surface area contributed by atoms with Gasteiger partial charge < -0.3 is 15.2 Å². The third-order valence-electron chi connectivity index (χ3n) is 4.16. The maximum Gasteiger partial charge on any atom is 0.126 e. The SMILES string of the molecule is CC(C)(C)Nc1c(C#N)cnc2cnc(NCc3ccc(CS(=O)[O-])cc3)cc12. The fourth-order valence-electron chi connectivity index (χ4n) is 2.87. The number of aromatic nitrogens is 2. The number of pyridine rings is 2. The largest absolute Gasteiger partial charge is 0.772 e. The van der Waals surface area contributed by atoms with E-state index in [1.807, 2.05) is 39.0 Å². The van der Waals surface area contributed by atoms with E-state index in [0.29, 0.717) is 23.4 Å². The number of anilines is 2. The molecule has 0 aliphatic rings. The van der Waals surface area contributed by atoms with Crippen molar-refractivity contribution in [2.75, 3.05) is 10.6 Å². The first-order chi connectivity index (χ1) is 13.7. The average molecular weight is 409 g/mol. The Morgan fingerprint density at radius 1 is 1.14 bits per heavy atom. The number of benzene rings is 1. The second-order valence-corrected chi connectivity index (χ2v) is 8.63. The van der Waals surface area contributed by atoms with Crippen LogP contribution in [0.15, 0.2) is 42.7 Å². The van der Waals surface area contributed by atoms with Gasteiger partial charge >= 0.3 is 0 Å². The fraction of sp³-hybridized carbons (Fsp3) is 0.286. The summed E-state index contributed by atoms with van der Waals surface area (Å²) >= 11 is -2.09. The summed E-state index contributed by atoms with van der Waals surface area (Å²) in [4.78, 5) is 8.74. The topological polar surface area (TPSA) is 114 Å². The van der Waals surface area contributed by atoms with E-state index in [9.17, 15) is 14.0 Å². The van der Waals surface area contributed by atoms with Crippen molar-refractivity contribution in [2.24, 2.45) is 0 Å². The molecule has 8 heteroatoms. The molecule has 0 aliphatic heterocycles. The third kappa shape index (κ3) is 5.50. The zero-order valence-corrected chi connectivity index (χ0v) is 17.3. The predicted octanol–water partition coefficient (Wildman–Crippen LogP) is 3.70. The molecule has 0 radical (unpaired) electrons. The maximum absolute atomic E-state index is 10.8. The van der Waals surface area contributed by atoms with E-state index in [1.54, 1.807) is 24.5 Å². The summed E-state index contributed by atoms with van der Waals surface area (Å²) in [5.41, 5.74) is 3.47. The highest BCUT2D eigenvalue weighted by Crippen LogP contribution is 2.29. The van der Waals surface area contributed by atoms with Crippen molar-refractivity contribution in [1.29, 1.82) is 5.26 Å². The van der Waals surface area contributed by atoms with E-state index in [2.05, 4.69) is 26.7 Å². The van der Waals surface area contributed by atoms with Gasteiger partial charge in [-0.3, -0.25) is 9.19 Å². The zero-order valence-electron chi connectivity index (χ0n) is 16.5. The minimum Gasteiger partial charge on any atom is -0.772 e. The first kappa shape index (κ1) is 20.7. The van der Waals surface area contributed by atoms with Gasteiger partial charge in [-0.15, -0.1) is 0 Å². The first-order valence-electron chi connectivity index (χ1n) is 9.10. The summed E-state index contributed by atoms with van der Waals surface area (Å²) in [6.45, 7) is 6.64. The number of fused-ring (bicyclic) bond motifs is 1. The van der Waals surface area contributed by atoms with E-state index in [0.717, 1.165) is 22.2 Å². The molecule has 0 saturated heterocycles. The van der Waals surface area contributed by atoms with Gasteiger partial charge in [0.25, 0.3) is 0 Å². The Hall–Kier alpha value is -3.02. The van der Waals surface area contributed by atoms with Gasteiger partial charge in [-0.25, -0.2) is 4.98 Å². The normalized spacial score (nSPS) is 12.4. The highest BCUT2D eigenvalue weighted by molar-refractivity contribution is 7.78. The van der Waals surface area contributed by atoms with Crippen molar-refractivity contribution in [3.63, 3.8) is 0 Å². The summed E-state index contributed by atoms with van der Waals surface area (Å²) in [7, 11) is 0. The van der Waals surface area contributed by atoms with E-state index < -0.39 is 11.1 Å². The molecular weight excluding hydrogens is 386 g/mol. The lowest BCUT2D eigenvalue weighted by Gasteiger charge is -2.24. The lowest BCUT2D eigenvalue weighted by molar-refractivity contribution is 0.536. The van der Waals surface area contributed by atoms with Crippen molar-refractivity contribution in [3.8, 4) is 6.07 Å². The molecule has 0 bridgehead atoms. The van der Waals surface area contributed by atoms with Crippen LogP contribution in [0.3, 0.4) is 0 Å². The van der Waals surface area contributed by atoms with E-state index in [-0.39, 0.29) is 11.3 Å². The standard InChI is InChI=1S/C21H23N5O2S/c1-21(2,3)26-20-16(9-22)11-23-18-12-25-19(8-17(18)20)24-10-14-4-6-15(7-5-14)13-29(27)28/h4-8,11-12H,10,13H2,1-3H3,(H,23,26)(H,24,25)(H,27,28)/p-1. The number of nitrogens with zero attached hydrogens (tertiary/aromatic N) is 3. The molecule has 0 amide bonds. The number of rotatable bonds is 6. The van der Waals surface area contributed by atoms with Crippen LogP contribution in [0.5, 0.6) is 0 Å². The molecule has 0 aliphatic carbocycles. The highest BCUT2D eigenvalue weighted by atomic mass is 32.2. The molecule has 2 aromatic heterocycles. The molecule has 1 unspecified atom stereocenters. The Morgan fingerprint density at radius 3 is 2.45 bits per heavy atom. The maximum atomic E-state index is 10.8. The monoisotopic (exact) mass is 408 g/mol. The Bertz CT molecular complexity index is 1090. The third-order valence-corrected chi connectivity index (χ3v) is 4.72. The van der Waals surface area contributed by atoms with Crippen LogP contribution in [0.4, 0.5) is 11.5 Å². The van der Waals surface area contributed by atoms with E-state index in [1.165, 1.54) is 0 Å². The van der Waals surface area contributed by atoms with Gasteiger partial charge in [0.2, 0.25) is 0 Å². The molecule has 3 aromatic rings. The minimum atomic E-state index is -2.09. The van der Waals surface area contributed by atoms with Gasteiger partial charge in [0.1, 0.15) is 11.9 Å². The molecule has 2 heterocycles. The van der Waals surface area contributed by atoms with Crippen molar-refractivity contribution >= 4 is 33.5 Å². The summed E-state index contributed by atoms with van der Waals surface area (Å²) < 4.78 is 21.6. The first-order valence-corrected chi connectivity index (χ1v) is 10.3. The van der Waals surface area contributed by atoms with E-state index >= 15 is 0 Å². The lowest BCUT2D eigenvalue weighted by atomic mass is 10.1. The highest BCUT2D eigenvalue weighted by Gasteiger charge is 2.16. The summed E-state index contributed by atoms with van der Waals surface area (Å²) in [5, 5.41) is 17.0. The van der Waals surface area contributed by atoms with Crippen LogP contribution in [0.25, 0.3) is 10.9 Å². The molecule has 7 nitrogen and oxygen atoms in total. The molecule has 29 heavy (non-hydrogen) atoms. The summed E-state index contributed by atoms with van der Waals surface area (Å²) in [6, 6.07) is 11.5. The molecule has 3 rings (SSSR count). The summed E-state index contributed by atoms with van der Waals surface area (Å²) in [6.07, 6.45) is 3.24. The van der Waals surface area contributed by atoms with E-state index in [4.69, 9.17) is 0 Å². The molecular formula is C21H22N5O2S-. The molecule has 2 N–H and O–H groups in total. The quantitative estimate of drug-likeness (QED) is 0.598. The number of nitrogens with one attached hydrogen (secondary N) is 2. The van der Waals surface area contributed by atoms with Crippen molar-refractivity contribution in [1.82, 2.24) is 9.97 Å². The van der Waals surface area contributed by atoms with Crippen molar-refractivity contribution in [3.05, 3.63) is 59.4 Å². The Morgan fingerprint density at radius 2 is 1.83 bits per heavy atom. The van der Waals surface area contributed by atoms with Crippen molar-refractivity contribution < 1.29 is 8.76 Å². The number of hydrogen-bond acceptors (Lipinski definition) is 7. The van der Waals surface area contributed by atoms with Crippen LogP contribution >= 0.6 is 0 Å². The second kappa shape index (κ2) is 8.55. The van der Waals surface area contributed by atoms with Gasteiger partial charge in [0.15, 0.2) is 0 Å². The Kier molecular flexibility index (Phi) is 6.11. The Labute approximate surface area is 172 Å². The van der Waals surface area contributed by atoms with Crippen LogP contribution < -0.4 is 10.6 Å². The number of hydrogen-bond donors (Lipinski definition) is 2. The van der Waals surface area contributed by atoms with Crippen LogP contribution in [-0.4, -0.2) is 24.3 Å². The van der Waals surface area contributed by atoms with Gasteiger partial charge in [-0.05, 0) is 38.0 Å². The van der Waals surface area contributed by atoms with Gasteiger partial charge in [-0.2, -0.15) is 5.26 Å². The van der Waals surface area contributed by atoms with Crippen LogP contribution in [0, 0.1) is 11.3 Å². The lowest BCUT2D eigenvalue weighted by Crippen LogP contribution is -2.26. The zero-order chi connectivity index (χ0) is 21.0. The second-order valence-electron chi connectivity index (χ2n) is 7.74. The van der Waals surface area contributed by atoms with Gasteiger partial charge in [0, 0.05) is 29.4 Å². The van der Waals surface area contributed by atoms with Gasteiger partial charge in [0.05, 0.1) is 23.0 Å². The minimum absolute atomic E-state index is 0.0116.